The SMILES string of the molecule is COCCN(C(C)COC)C1CC(C(C)C)CCC1N. The first kappa shape index (κ1) is 17.9. The minimum absolute atomic E-state index is 0.279. The summed E-state index contributed by atoms with van der Waals surface area (Å²) in [6, 6.07) is 1.12. The Kier molecular flexibility index (Phi) is 8.03. The van der Waals surface area contributed by atoms with E-state index in [1.54, 1.807) is 14.2 Å². The third kappa shape index (κ3) is 4.99. The van der Waals surface area contributed by atoms with Gasteiger partial charge in [-0.2, -0.15) is 0 Å². The van der Waals surface area contributed by atoms with Crippen molar-refractivity contribution in [3.05, 3.63) is 0 Å². The first-order chi connectivity index (χ1) is 9.51. The topological polar surface area (TPSA) is 47.7 Å². The molecule has 4 atom stereocenters. The van der Waals surface area contributed by atoms with Gasteiger partial charge in [-0.25, -0.2) is 0 Å². The molecule has 0 amide bonds. The van der Waals surface area contributed by atoms with E-state index in [1.165, 1.54) is 12.8 Å². The maximum absolute atomic E-state index is 6.42. The summed E-state index contributed by atoms with van der Waals surface area (Å²) in [5, 5.41) is 0. The van der Waals surface area contributed by atoms with E-state index in [9.17, 15) is 0 Å². The van der Waals surface area contributed by atoms with Gasteiger partial charge in [0.1, 0.15) is 0 Å². The fraction of sp³-hybridized carbons (Fsp3) is 1.00. The lowest BCUT2D eigenvalue weighted by atomic mass is 9.76. The van der Waals surface area contributed by atoms with Gasteiger partial charge in [-0.1, -0.05) is 13.8 Å². The molecular weight excluding hydrogens is 252 g/mol. The Balaban J connectivity index is 2.74. The molecule has 1 aliphatic rings. The van der Waals surface area contributed by atoms with Gasteiger partial charge in [0.05, 0.1) is 13.2 Å². The monoisotopic (exact) mass is 286 g/mol. The number of nitrogens with zero attached hydrogens (tertiary/aromatic N) is 1. The van der Waals surface area contributed by atoms with Crippen LogP contribution in [0.25, 0.3) is 0 Å². The van der Waals surface area contributed by atoms with E-state index in [1.807, 2.05) is 0 Å². The molecule has 4 nitrogen and oxygen atoms in total. The highest BCUT2D eigenvalue weighted by Gasteiger charge is 2.35. The predicted molar refractivity (Wildman–Crippen MR) is 83.9 cm³/mol. The Hall–Kier alpha value is -0.160. The molecule has 1 saturated carbocycles. The van der Waals surface area contributed by atoms with E-state index >= 15 is 0 Å². The maximum atomic E-state index is 6.42. The fourth-order valence-corrected chi connectivity index (χ4v) is 3.44. The van der Waals surface area contributed by atoms with Crippen molar-refractivity contribution in [3.8, 4) is 0 Å². The second-order valence-corrected chi connectivity index (χ2v) is 6.58. The van der Waals surface area contributed by atoms with Crippen molar-refractivity contribution in [2.45, 2.75) is 58.2 Å². The molecule has 0 aliphatic heterocycles. The molecule has 0 aromatic heterocycles. The number of hydrogen-bond donors (Lipinski definition) is 1. The van der Waals surface area contributed by atoms with Crippen molar-refractivity contribution in [2.75, 3.05) is 34.0 Å². The molecule has 1 fully saturated rings. The second kappa shape index (κ2) is 8.98. The van der Waals surface area contributed by atoms with Gasteiger partial charge in [0.25, 0.3) is 0 Å². The standard InChI is InChI=1S/C16H34N2O2/c1-12(2)14-6-7-15(17)16(10-14)18(8-9-19-4)13(3)11-20-5/h12-16H,6-11,17H2,1-5H3. The van der Waals surface area contributed by atoms with Crippen molar-refractivity contribution in [3.63, 3.8) is 0 Å². The maximum Gasteiger partial charge on any atom is 0.0615 e. The average Bonchev–Trinajstić information content (AvgIpc) is 2.41. The van der Waals surface area contributed by atoms with Gasteiger partial charge < -0.3 is 15.2 Å². The van der Waals surface area contributed by atoms with Crippen LogP contribution in [0, 0.1) is 11.8 Å². The molecule has 0 heterocycles. The largest absolute Gasteiger partial charge is 0.383 e. The summed E-state index contributed by atoms with van der Waals surface area (Å²) in [6.07, 6.45) is 3.61. The fourth-order valence-electron chi connectivity index (χ4n) is 3.44. The first-order valence-corrected chi connectivity index (χ1v) is 8.00. The summed E-state index contributed by atoms with van der Waals surface area (Å²) < 4.78 is 10.6. The number of methoxy groups -OCH3 is 2. The molecule has 0 spiro atoms. The van der Waals surface area contributed by atoms with Crippen LogP contribution in [0.2, 0.25) is 0 Å². The van der Waals surface area contributed by atoms with E-state index in [2.05, 4.69) is 25.7 Å². The predicted octanol–water partition coefficient (Wildman–Crippen LogP) is 2.12. The van der Waals surface area contributed by atoms with Crippen LogP contribution < -0.4 is 5.73 Å². The van der Waals surface area contributed by atoms with E-state index in [0.717, 1.165) is 38.0 Å². The van der Waals surface area contributed by atoms with Gasteiger partial charge in [0.2, 0.25) is 0 Å². The van der Waals surface area contributed by atoms with Gasteiger partial charge in [-0.05, 0) is 38.0 Å². The molecular formula is C16H34N2O2. The molecule has 1 aliphatic carbocycles. The molecule has 0 saturated heterocycles. The van der Waals surface area contributed by atoms with E-state index < -0.39 is 0 Å². The zero-order chi connectivity index (χ0) is 15.1. The Bertz CT molecular complexity index is 261. The number of nitrogens with two attached hydrogens (primary N) is 1. The zero-order valence-corrected chi connectivity index (χ0v) is 14.0. The van der Waals surface area contributed by atoms with Gasteiger partial charge in [-0.15, -0.1) is 0 Å². The molecule has 0 aromatic rings. The van der Waals surface area contributed by atoms with E-state index in [-0.39, 0.29) is 6.04 Å². The third-order valence-corrected chi connectivity index (χ3v) is 4.81. The number of rotatable bonds is 8. The molecule has 4 unspecified atom stereocenters. The second-order valence-electron chi connectivity index (χ2n) is 6.58. The summed E-state index contributed by atoms with van der Waals surface area (Å²) >= 11 is 0. The summed E-state index contributed by atoms with van der Waals surface area (Å²) in [4.78, 5) is 2.51. The lowest BCUT2D eigenvalue weighted by molar-refractivity contribution is 0.0148. The highest BCUT2D eigenvalue weighted by molar-refractivity contribution is 4.92. The van der Waals surface area contributed by atoms with E-state index in [0.29, 0.717) is 12.1 Å². The highest BCUT2D eigenvalue weighted by atomic mass is 16.5. The molecule has 2 N–H and O–H groups in total. The van der Waals surface area contributed by atoms with Crippen LogP contribution in [0.5, 0.6) is 0 Å². The van der Waals surface area contributed by atoms with Crippen LogP contribution in [0.3, 0.4) is 0 Å². The van der Waals surface area contributed by atoms with Crippen molar-refractivity contribution in [1.82, 2.24) is 4.90 Å². The molecule has 0 bridgehead atoms. The molecule has 0 aromatic carbocycles. The first-order valence-electron chi connectivity index (χ1n) is 8.00. The zero-order valence-electron chi connectivity index (χ0n) is 14.0. The van der Waals surface area contributed by atoms with Crippen molar-refractivity contribution in [1.29, 1.82) is 0 Å². The average molecular weight is 286 g/mol. The van der Waals surface area contributed by atoms with Crippen molar-refractivity contribution >= 4 is 0 Å². The summed E-state index contributed by atoms with van der Waals surface area (Å²) in [5.41, 5.74) is 6.42. The normalized spacial score (nSPS) is 29.1. The van der Waals surface area contributed by atoms with E-state index in [4.69, 9.17) is 15.2 Å². The molecule has 1 rings (SSSR count). The summed E-state index contributed by atoms with van der Waals surface area (Å²) in [7, 11) is 3.53. The molecule has 0 radical (unpaired) electrons. The van der Waals surface area contributed by atoms with Crippen LogP contribution in [0.15, 0.2) is 0 Å². The molecule has 120 valence electrons. The van der Waals surface area contributed by atoms with Crippen LogP contribution in [0.4, 0.5) is 0 Å². The number of ether oxygens (including phenoxy) is 2. The van der Waals surface area contributed by atoms with Crippen LogP contribution >= 0.6 is 0 Å². The van der Waals surface area contributed by atoms with Crippen LogP contribution in [0.1, 0.15) is 40.0 Å². The van der Waals surface area contributed by atoms with Gasteiger partial charge in [-0.3, -0.25) is 4.90 Å². The lowest BCUT2D eigenvalue weighted by Crippen LogP contribution is -2.56. The minimum atomic E-state index is 0.279. The van der Waals surface area contributed by atoms with Gasteiger partial charge in [0.15, 0.2) is 0 Å². The Morgan fingerprint density at radius 3 is 2.40 bits per heavy atom. The smallest absolute Gasteiger partial charge is 0.0615 e. The minimum Gasteiger partial charge on any atom is -0.383 e. The van der Waals surface area contributed by atoms with Crippen molar-refractivity contribution < 1.29 is 9.47 Å². The molecule has 20 heavy (non-hydrogen) atoms. The highest BCUT2D eigenvalue weighted by Crippen LogP contribution is 2.32. The Labute approximate surface area is 125 Å². The summed E-state index contributed by atoms with van der Waals surface area (Å²) in [6.45, 7) is 9.32. The van der Waals surface area contributed by atoms with Gasteiger partial charge >= 0.3 is 0 Å². The number of hydrogen-bond acceptors (Lipinski definition) is 4. The molecule has 4 heteroatoms. The van der Waals surface area contributed by atoms with Crippen molar-refractivity contribution in [2.24, 2.45) is 17.6 Å². The van der Waals surface area contributed by atoms with Crippen LogP contribution in [-0.2, 0) is 9.47 Å². The van der Waals surface area contributed by atoms with Gasteiger partial charge in [0, 0.05) is 38.9 Å². The third-order valence-electron chi connectivity index (χ3n) is 4.81. The summed E-state index contributed by atoms with van der Waals surface area (Å²) in [5.74, 6) is 1.53. The Morgan fingerprint density at radius 2 is 1.85 bits per heavy atom. The quantitative estimate of drug-likeness (QED) is 0.742. The van der Waals surface area contributed by atoms with Crippen LogP contribution in [-0.4, -0.2) is 57.0 Å². The Morgan fingerprint density at radius 1 is 1.15 bits per heavy atom. The lowest BCUT2D eigenvalue weighted by Gasteiger charge is -2.44.